The van der Waals surface area contributed by atoms with Crippen LogP contribution in [-0.2, 0) is 16.0 Å². The van der Waals surface area contributed by atoms with Crippen LogP contribution in [0.25, 0.3) is 0 Å². The molecule has 2 amide bonds. The van der Waals surface area contributed by atoms with Crippen molar-refractivity contribution in [2.24, 2.45) is 17.1 Å². The van der Waals surface area contributed by atoms with Gasteiger partial charge in [-0.3, -0.25) is 14.5 Å². The zero-order valence-corrected chi connectivity index (χ0v) is 16.3. The molecule has 1 spiro atoms. The molecule has 1 unspecified atom stereocenters. The van der Waals surface area contributed by atoms with E-state index in [9.17, 15) is 14.0 Å². The molecule has 3 rings (SSSR count). The molecule has 6 heteroatoms. The lowest BCUT2D eigenvalue weighted by Gasteiger charge is -2.37. The van der Waals surface area contributed by atoms with Gasteiger partial charge in [-0.25, -0.2) is 4.39 Å². The number of benzene rings is 1. The molecular formula is C21H30FN3O2. The molecule has 148 valence electrons. The predicted molar refractivity (Wildman–Crippen MR) is 102 cm³/mol. The number of nitrogens with zero attached hydrogens (tertiary/aromatic N) is 2. The second-order valence-electron chi connectivity index (χ2n) is 8.56. The summed E-state index contributed by atoms with van der Waals surface area (Å²) in [6, 6.07) is 6.74. The minimum atomic E-state index is -0.326. The monoisotopic (exact) mass is 375 g/mol. The molecule has 2 heterocycles. The Labute approximate surface area is 160 Å². The summed E-state index contributed by atoms with van der Waals surface area (Å²) in [6.07, 6.45) is 3.13. The van der Waals surface area contributed by atoms with Crippen molar-refractivity contribution in [1.29, 1.82) is 0 Å². The number of likely N-dealkylation sites (tertiary alicyclic amines) is 2. The van der Waals surface area contributed by atoms with E-state index in [1.54, 1.807) is 0 Å². The van der Waals surface area contributed by atoms with Gasteiger partial charge in [0.05, 0.1) is 12.0 Å². The largest absolute Gasteiger partial charge is 0.369 e. The molecule has 0 aromatic heterocycles. The van der Waals surface area contributed by atoms with E-state index in [2.05, 4.69) is 18.7 Å². The van der Waals surface area contributed by atoms with E-state index in [0.29, 0.717) is 5.92 Å². The molecule has 1 atom stereocenters. The lowest BCUT2D eigenvalue weighted by atomic mass is 9.75. The summed E-state index contributed by atoms with van der Waals surface area (Å²) in [5.74, 6) is 0.0923. The minimum Gasteiger partial charge on any atom is -0.369 e. The average molecular weight is 375 g/mol. The Morgan fingerprint density at radius 1 is 1.26 bits per heavy atom. The number of hydrogen-bond acceptors (Lipinski definition) is 3. The first kappa shape index (κ1) is 19.8. The standard InChI is InChI=1S/C21H30FN3O2/c1-15(2)13-25-18(11-16-3-5-17(22)6-4-16)12-21(20(25)27)7-9-24(10-8-21)14-19(23)26/h3-6,15,18H,7-14H2,1-2H3,(H2,23,26). The van der Waals surface area contributed by atoms with Crippen molar-refractivity contribution in [2.45, 2.75) is 45.6 Å². The van der Waals surface area contributed by atoms with Gasteiger partial charge in [-0.2, -0.15) is 0 Å². The van der Waals surface area contributed by atoms with Crippen LogP contribution in [0.3, 0.4) is 0 Å². The Kier molecular flexibility index (Phi) is 5.84. The van der Waals surface area contributed by atoms with Gasteiger partial charge in [0.2, 0.25) is 11.8 Å². The topological polar surface area (TPSA) is 66.6 Å². The van der Waals surface area contributed by atoms with Crippen LogP contribution < -0.4 is 5.73 Å². The summed E-state index contributed by atoms with van der Waals surface area (Å²) in [5.41, 5.74) is 6.04. The molecule has 2 N–H and O–H groups in total. The molecule has 2 saturated heterocycles. The van der Waals surface area contributed by atoms with E-state index >= 15 is 0 Å². The Bertz CT molecular complexity index is 681. The molecule has 2 aliphatic heterocycles. The van der Waals surface area contributed by atoms with Gasteiger partial charge in [0.1, 0.15) is 5.82 Å². The third kappa shape index (κ3) is 4.49. The molecular weight excluding hydrogens is 345 g/mol. The number of primary amides is 1. The summed E-state index contributed by atoms with van der Waals surface area (Å²) < 4.78 is 13.2. The highest BCUT2D eigenvalue weighted by molar-refractivity contribution is 5.85. The second-order valence-corrected chi connectivity index (χ2v) is 8.56. The maximum atomic E-state index is 13.4. The molecule has 5 nitrogen and oxygen atoms in total. The third-order valence-electron chi connectivity index (χ3n) is 5.92. The van der Waals surface area contributed by atoms with Gasteiger partial charge >= 0.3 is 0 Å². The van der Waals surface area contributed by atoms with Crippen molar-refractivity contribution in [3.05, 3.63) is 35.6 Å². The number of carbonyl (C=O) groups excluding carboxylic acids is 2. The highest BCUT2D eigenvalue weighted by Crippen LogP contribution is 2.45. The number of hydrogen-bond donors (Lipinski definition) is 1. The van der Waals surface area contributed by atoms with E-state index in [4.69, 9.17) is 5.73 Å². The van der Waals surface area contributed by atoms with Gasteiger partial charge in [-0.1, -0.05) is 26.0 Å². The number of nitrogens with two attached hydrogens (primary N) is 1. The van der Waals surface area contributed by atoms with Crippen LogP contribution in [0.4, 0.5) is 4.39 Å². The predicted octanol–water partition coefficient (Wildman–Crippen LogP) is 2.19. The van der Waals surface area contributed by atoms with Crippen molar-refractivity contribution in [3.8, 4) is 0 Å². The molecule has 0 bridgehead atoms. The molecule has 1 aromatic carbocycles. The van der Waals surface area contributed by atoms with Crippen molar-refractivity contribution in [1.82, 2.24) is 9.80 Å². The first-order chi connectivity index (χ1) is 12.8. The molecule has 27 heavy (non-hydrogen) atoms. The van der Waals surface area contributed by atoms with Crippen molar-refractivity contribution < 1.29 is 14.0 Å². The van der Waals surface area contributed by atoms with E-state index < -0.39 is 0 Å². The summed E-state index contributed by atoms with van der Waals surface area (Å²) in [5, 5.41) is 0. The summed E-state index contributed by atoms with van der Waals surface area (Å²) >= 11 is 0. The number of carbonyl (C=O) groups is 2. The number of piperidine rings is 1. The molecule has 1 aromatic rings. The molecule has 2 aliphatic rings. The van der Waals surface area contributed by atoms with Gasteiger partial charge in [0.15, 0.2) is 0 Å². The van der Waals surface area contributed by atoms with Crippen LogP contribution >= 0.6 is 0 Å². The zero-order chi connectivity index (χ0) is 19.6. The lowest BCUT2D eigenvalue weighted by molar-refractivity contribution is -0.139. The quantitative estimate of drug-likeness (QED) is 0.829. The summed E-state index contributed by atoms with van der Waals surface area (Å²) in [4.78, 5) is 28.6. The fourth-order valence-electron chi connectivity index (χ4n) is 4.60. The highest BCUT2D eigenvalue weighted by atomic mass is 19.1. The van der Waals surface area contributed by atoms with E-state index in [1.807, 2.05) is 17.0 Å². The third-order valence-corrected chi connectivity index (χ3v) is 5.92. The molecule has 0 aliphatic carbocycles. The Morgan fingerprint density at radius 2 is 1.89 bits per heavy atom. The van der Waals surface area contributed by atoms with Crippen LogP contribution in [0.15, 0.2) is 24.3 Å². The fourth-order valence-corrected chi connectivity index (χ4v) is 4.60. The highest BCUT2D eigenvalue weighted by Gasteiger charge is 2.52. The van der Waals surface area contributed by atoms with Gasteiger partial charge < -0.3 is 10.6 Å². The molecule has 0 saturated carbocycles. The summed E-state index contributed by atoms with van der Waals surface area (Å²) in [6.45, 7) is 6.72. The summed E-state index contributed by atoms with van der Waals surface area (Å²) in [7, 11) is 0. The van der Waals surface area contributed by atoms with Crippen LogP contribution in [0.5, 0.6) is 0 Å². The fraction of sp³-hybridized carbons (Fsp3) is 0.619. The van der Waals surface area contributed by atoms with Gasteiger partial charge in [-0.15, -0.1) is 0 Å². The van der Waals surface area contributed by atoms with Gasteiger partial charge in [-0.05, 0) is 62.4 Å². The maximum absolute atomic E-state index is 13.4. The van der Waals surface area contributed by atoms with Crippen molar-refractivity contribution in [2.75, 3.05) is 26.2 Å². The van der Waals surface area contributed by atoms with Crippen LogP contribution in [0.1, 0.15) is 38.7 Å². The number of rotatable bonds is 6. The average Bonchev–Trinajstić information content (AvgIpc) is 2.84. The second kappa shape index (κ2) is 7.97. The normalized spacial score (nSPS) is 22.7. The Morgan fingerprint density at radius 3 is 2.44 bits per heavy atom. The zero-order valence-electron chi connectivity index (χ0n) is 16.3. The van der Waals surface area contributed by atoms with E-state index in [0.717, 1.165) is 50.9 Å². The maximum Gasteiger partial charge on any atom is 0.231 e. The van der Waals surface area contributed by atoms with E-state index in [1.165, 1.54) is 12.1 Å². The Hall–Kier alpha value is -1.95. The van der Waals surface area contributed by atoms with Gasteiger partial charge in [0.25, 0.3) is 0 Å². The lowest BCUT2D eigenvalue weighted by Crippen LogP contribution is -2.47. The number of halogens is 1. The van der Waals surface area contributed by atoms with Gasteiger partial charge in [0, 0.05) is 12.6 Å². The van der Waals surface area contributed by atoms with E-state index in [-0.39, 0.29) is 35.6 Å². The van der Waals surface area contributed by atoms with Crippen LogP contribution in [-0.4, -0.2) is 53.8 Å². The first-order valence-corrected chi connectivity index (χ1v) is 9.85. The van der Waals surface area contributed by atoms with Crippen molar-refractivity contribution in [3.63, 3.8) is 0 Å². The molecule has 2 fully saturated rings. The molecule has 0 radical (unpaired) electrons. The SMILES string of the molecule is CC(C)CN1C(=O)C2(CCN(CC(N)=O)CC2)CC1Cc1ccc(F)cc1. The Balaban J connectivity index is 1.74. The first-order valence-electron chi connectivity index (χ1n) is 9.85. The van der Waals surface area contributed by atoms with Crippen LogP contribution in [0.2, 0.25) is 0 Å². The van der Waals surface area contributed by atoms with Crippen LogP contribution in [0, 0.1) is 17.2 Å². The van der Waals surface area contributed by atoms with Crippen molar-refractivity contribution >= 4 is 11.8 Å². The minimum absolute atomic E-state index is 0.146. The number of amides is 2. The smallest absolute Gasteiger partial charge is 0.231 e.